The van der Waals surface area contributed by atoms with Crippen LogP contribution in [0.2, 0.25) is 0 Å². The topological polar surface area (TPSA) is 27.0 Å². The summed E-state index contributed by atoms with van der Waals surface area (Å²) in [7, 11) is 0. The Bertz CT molecular complexity index is 432. The number of nitrogens with zero attached hydrogens (tertiary/aromatic N) is 2. The van der Waals surface area contributed by atoms with Crippen LogP contribution in [0.3, 0.4) is 0 Å². The third kappa shape index (κ3) is 3.39. The average molecular weight is 279 g/mol. The minimum absolute atomic E-state index is 0.671. The van der Waals surface area contributed by atoms with Crippen LogP contribution in [0.25, 0.3) is 0 Å². The minimum atomic E-state index is 0.671. The average Bonchev–Trinajstić information content (AvgIpc) is 2.24. The first kappa shape index (κ1) is 12.8. The summed E-state index contributed by atoms with van der Waals surface area (Å²) < 4.78 is 0.932. The van der Waals surface area contributed by atoms with Crippen molar-refractivity contribution >= 4 is 21.6 Å². The van der Waals surface area contributed by atoms with Crippen LogP contribution in [0.15, 0.2) is 34.8 Å². The van der Waals surface area contributed by atoms with E-state index in [0.29, 0.717) is 5.56 Å². The Morgan fingerprint density at radius 1 is 1.50 bits per heavy atom. The van der Waals surface area contributed by atoms with Crippen molar-refractivity contribution in [1.82, 2.24) is 0 Å². The first-order valence-electron chi connectivity index (χ1n) is 5.16. The lowest BCUT2D eigenvalue weighted by Crippen LogP contribution is -2.24. The molecule has 0 aromatic heterocycles. The third-order valence-corrected chi connectivity index (χ3v) is 2.68. The summed E-state index contributed by atoms with van der Waals surface area (Å²) in [6.07, 6.45) is 0. The van der Waals surface area contributed by atoms with Gasteiger partial charge in [0.15, 0.2) is 0 Å². The predicted octanol–water partition coefficient (Wildman–Crippen LogP) is 3.72. The Kier molecular flexibility index (Phi) is 4.57. The zero-order chi connectivity index (χ0) is 12.1. The molecule has 0 radical (unpaired) electrons. The van der Waals surface area contributed by atoms with Crippen molar-refractivity contribution in [1.29, 1.82) is 5.26 Å². The molecule has 0 aliphatic rings. The van der Waals surface area contributed by atoms with Gasteiger partial charge >= 0.3 is 0 Å². The third-order valence-electron chi connectivity index (χ3n) is 2.22. The van der Waals surface area contributed by atoms with Gasteiger partial charge in [-0.25, -0.2) is 0 Å². The van der Waals surface area contributed by atoms with E-state index in [9.17, 15) is 0 Å². The predicted molar refractivity (Wildman–Crippen MR) is 71.6 cm³/mol. The summed E-state index contributed by atoms with van der Waals surface area (Å²) in [6, 6.07) is 7.90. The standard InChI is InChI=1S/C13H15BrN2/c1-4-16(9-10(2)3)13-6-11(8-15)5-12(14)7-13/h5-7H,2,4,9H2,1,3H3. The summed E-state index contributed by atoms with van der Waals surface area (Å²) in [5.74, 6) is 0. The van der Waals surface area contributed by atoms with Crippen molar-refractivity contribution in [2.24, 2.45) is 0 Å². The molecule has 0 aliphatic heterocycles. The Hall–Kier alpha value is -1.27. The van der Waals surface area contributed by atoms with Crippen molar-refractivity contribution in [2.45, 2.75) is 13.8 Å². The van der Waals surface area contributed by atoms with Crippen molar-refractivity contribution in [3.63, 3.8) is 0 Å². The molecule has 0 saturated heterocycles. The molecular formula is C13H15BrN2. The van der Waals surface area contributed by atoms with Crippen LogP contribution < -0.4 is 4.90 Å². The highest BCUT2D eigenvalue weighted by atomic mass is 79.9. The Labute approximate surface area is 105 Å². The molecule has 16 heavy (non-hydrogen) atoms. The second-order valence-corrected chi connectivity index (χ2v) is 4.70. The van der Waals surface area contributed by atoms with Gasteiger partial charge in [-0.05, 0) is 32.0 Å². The lowest BCUT2D eigenvalue weighted by atomic mass is 10.2. The van der Waals surface area contributed by atoms with E-state index in [2.05, 4.69) is 40.4 Å². The van der Waals surface area contributed by atoms with Crippen molar-refractivity contribution in [3.05, 3.63) is 40.4 Å². The van der Waals surface area contributed by atoms with Gasteiger partial charge in [0.25, 0.3) is 0 Å². The SMILES string of the molecule is C=C(C)CN(CC)c1cc(Br)cc(C#N)c1. The molecule has 84 valence electrons. The van der Waals surface area contributed by atoms with Crippen molar-refractivity contribution in [2.75, 3.05) is 18.0 Å². The number of likely N-dealkylation sites (N-methyl/N-ethyl adjacent to an activating group) is 1. The lowest BCUT2D eigenvalue weighted by molar-refractivity contribution is 0.880. The van der Waals surface area contributed by atoms with Gasteiger partial charge in [0, 0.05) is 23.2 Å². The van der Waals surface area contributed by atoms with Gasteiger partial charge in [-0.3, -0.25) is 0 Å². The molecule has 0 saturated carbocycles. The van der Waals surface area contributed by atoms with Gasteiger partial charge in [0.1, 0.15) is 0 Å². The van der Waals surface area contributed by atoms with Gasteiger partial charge in [0.2, 0.25) is 0 Å². The molecule has 0 spiro atoms. The molecule has 3 heteroatoms. The van der Waals surface area contributed by atoms with E-state index in [4.69, 9.17) is 5.26 Å². The van der Waals surface area contributed by atoms with Gasteiger partial charge in [0.05, 0.1) is 11.6 Å². The van der Waals surface area contributed by atoms with E-state index in [1.165, 1.54) is 0 Å². The molecule has 1 aromatic rings. The first-order chi connectivity index (χ1) is 7.56. The van der Waals surface area contributed by atoms with E-state index < -0.39 is 0 Å². The molecule has 0 N–H and O–H groups in total. The molecule has 0 amide bonds. The molecular weight excluding hydrogens is 264 g/mol. The zero-order valence-corrected chi connectivity index (χ0v) is 11.2. The molecule has 0 atom stereocenters. The van der Waals surface area contributed by atoms with E-state index in [1.54, 1.807) is 0 Å². The van der Waals surface area contributed by atoms with Crippen LogP contribution in [0.5, 0.6) is 0 Å². The van der Waals surface area contributed by atoms with Crippen LogP contribution in [0.4, 0.5) is 5.69 Å². The largest absolute Gasteiger partial charge is 0.368 e. The molecule has 0 heterocycles. The smallest absolute Gasteiger partial charge is 0.0992 e. The second kappa shape index (κ2) is 5.72. The number of anilines is 1. The number of rotatable bonds is 4. The summed E-state index contributed by atoms with van der Waals surface area (Å²) in [4.78, 5) is 2.19. The maximum absolute atomic E-state index is 8.92. The fraction of sp³-hybridized carbons (Fsp3) is 0.308. The molecule has 0 aliphatic carbocycles. The van der Waals surface area contributed by atoms with Crippen LogP contribution >= 0.6 is 15.9 Å². The van der Waals surface area contributed by atoms with Crippen LogP contribution in [-0.4, -0.2) is 13.1 Å². The van der Waals surface area contributed by atoms with Gasteiger partial charge in [-0.1, -0.05) is 28.1 Å². The highest BCUT2D eigenvalue weighted by molar-refractivity contribution is 9.10. The van der Waals surface area contributed by atoms with Crippen molar-refractivity contribution in [3.8, 4) is 6.07 Å². The molecule has 1 rings (SSSR count). The molecule has 0 fully saturated rings. The maximum atomic E-state index is 8.92. The Balaban J connectivity index is 3.05. The first-order valence-corrected chi connectivity index (χ1v) is 5.96. The van der Waals surface area contributed by atoms with E-state index >= 15 is 0 Å². The van der Waals surface area contributed by atoms with E-state index in [-0.39, 0.29) is 0 Å². The second-order valence-electron chi connectivity index (χ2n) is 3.78. The van der Waals surface area contributed by atoms with Crippen LogP contribution in [-0.2, 0) is 0 Å². The maximum Gasteiger partial charge on any atom is 0.0992 e. The highest BCUT2D eigenvalue weighted by Gasteiger charge is 2.06. The fourth-order valence-electron chi connectivity index (χ4n) is 1.53. The normalized spacial score (nSPS) is 9.62. The highest BCUT2D eigenvalue weighted by Crippen LogP contribution is 2.23. The molecule has 0 unspecified atom stereocenters. The van der Waals surface area contributed by atoms with Gasteiger partial charge in [-0.2, -0.15) is 5.26 Å². The number of hydrogen-bond acceptors (Lipinski definition) is 2. The Morgan fingerprint density at radius 3 is 2.69 bits per heavy atom. The van der Waals surface area contributed by atoms with Crippen molar-refractivity contribution < 1.29 is 0 Å². The molecule has 2 nitrogen and oxygen atoms in total. The lowest BCUT2D eigenvalue weighted by Gasteiger charge is -2.23. The number of nitriles is 1. The monoisotopic (exact) mass is 278 g/mol. The Morgan fingerprint density at radius 2 is 2.19 bits per heavy atom. The quantitative estimate of drug-likeness (QED) is 0.785. The summed E-state index contributed by atoms with van der Waals surface area (Å²) in [6.45, 7) is 9.73. The van der Waals surface area contributed by atoms with Gasteiger partial charge in [-0.15, -0.1) is 0 Å². The zero-order valence-electron chi connectivity index (χ0n) is 9.63. The fourth-order valence-corrected chi connectivity index (χ4v) is 2.01. The molecule has 1 aromatic carbocycles. The number of halogens is 1. The van der Waals surface area contributed by atoms with E-state index in [1.807, 2.05) is 25.1 Å². The summed E-state index contributed by atoms with van der Waals surface area (Å²) in [5, 5.41) is 8.92. The van der Waals surface area contributed by atoms with E-state index in [0.717, 1.165) is 28.8 Å². The van der Waals surface area contributed by atoms with Crippen LogP contribution in [0.1, 0.15) is 19.4 Å². The van der Waals surface area contributed by atoms with Gasteiger partial charge < -0.3 is 4.90 Å². The molecule has 0 bridgehead atoms. The van der Waals surface area contributed by atoms with Crippen LogP contribution in [0, 0.1) is 11.3 Å². The minimum Gasteiger partial charge on any atom is -0.368 e. The summed E-state index contributed by atoms with van der Waals surface area (Å²) >= 11 is 3.42. The number of benzene rings is 1. The summed E-state index contributed by atoms with van der Waals surface area (Å²) in [5.41, 5.74) is 2.83. The number of hydrogen-bond donors (Lipinski definition) is 0.